The van der Waals surface area contributed by atoms with Crippen molar-refractivity contribution in [3.63, 3.8) is 0 Å². The van der Waals surface area contributed by atoms with Gasteiger partial charge in [0, 0.05) is 24.0 Å². The van der Waals surface area contributed by atoms with Crippen LogP contribution in [0, 0.1) is 0 Å². The quantitative estimate of drug-likeness (QED) is 0.861. The number of halogens is 1. The highest BCUT2D eigenvalue weighted by atomic mass is 79.9. The number of carbonyl (C=O) groups is 1. The fourth-order valence-electron chi connectivity index (χ4n) is 2.22. The van der Waals surface area contributed by atoms with Crippen LogP contribution in [0.4, 0.5) is 0 Å². The van der Waals surface area contributed by atoms with E-state index in [9.17, 15) is 4.79 Å². The lowest BCUT2D eigenvalue weighted by atomic mass is 10.1. The van der Waals surface area contributed by atoms with Crippen molar-refractivity contribution in [3.05, 3.63) is 46.0 Å². The molecule has 1 aliphatic heterocycles. The third-order valence-corrected chi connectivity index (χ3v) is 3.82. The number of nitrogens with one attached hydrogen (secondary N) is 2. The van der Waals surface area contributed by atoms with Gasteiger partial charge < -0.3 is 15.2 Å². The highest BCUT2D eigenvalue weighted by molar-refractivity contribution is 9.10. The third-order valence-electron chi connectivity index (χ3n) is 3.30. The molecule has 1 fully saturated rings. The molecular formula is C14H15BrN4O2. The molecule has 1 saturated heterocycles. The first-order valence-corrected chi connectivity index (χ1v) is 7.57. The Bertz CT molecular complexity index is 626. The first kappa shape index (κ1) is 14.2. The summed E-state index contributed by atoms with van der Waals surface area (Å²) in [6.45, 7) is 1.42. The maximum Gasteiger partial charge on any atom is 0.237 e. The van der Waals surface area contributed by atoms with Gasteiger partial charge in [0.15, 0.2) is 5.82 Å². The summed E-state index contributed by atoms with van der Waals surface area (Å²) in [4.78, 5) is 16.0. The summed E-state index contributed by atoms with van der Waals surface area (Å²) in [5, 5.41) is 9.91. The standard InChI is InChI=1S/C14H15BrN4O2/c15-10-3-1-9(2-4-10)7-12-18-13(21-19-12)8-11-14(20)17-6-5-16-11/h1-4,11,16H,5-8H2,(H,17,20). The molecule has 0 aliphatic carbocycles. The monoisotopic (exact) mass is 350 g/mol. The maximum absolute atomic E-state index is 11.7. The van der Waals surface area contributed by atoms with Crippen LogP contribution in [-0.2, 0) is 17.6 Å². The van der Waals surface area contributed by atoms with Crippen LogP contribution in [0.5, 0.6) is 0 Å². The predicted molar refractivity (Wildman–Crippen MR) is 79.8 cm³/mol. The van der Waals surface area contributed by atoms with E-state index in [1.165, 1.54) is 0 Å². The Balaban J connectivity index is 1.63. The average molecular weight is 351 g/mol. The van der Waals surface area contributed by atoms with Crippen LogP contribution < -0.4 is 10.6 Å². The van der Waals surface area contributed by atoms with Crippen molar-refractivity contribution in [1.29, 1.82) is 0 Å². The molecule has 1 unspecified atom stereocenters. The number of carbonyl (C=O) groups excluding carboxylic acids is 1. The Morgan fingerprint density at radius 2 is 2.10 bits per heavy atom. The highest BCUT2D eigenvalue weighted by Crippen LogP contribution is 2.13. The van der Waals surface area contributed by atoms with Crippen LogP contribution in [0.15, 0.2) is 33.3 Å². The van der Waals surface area contributed by atoms with Gasteiger partial charge in [0.1, 0.15) is 0 Å². The number of rotatable bonds is 4. The van der Waals surface area contributed by atoms with Crippen molar-refractivity contribution >= 4 is 21.8 Å². The van der Waals surface area contributed by atoms with Crippen molar-refractivity contribution < 1.29 is 9.32 Å². The van der Waals surface area contributed by atoms with E-state index < -0.39 is 0 Å². The van der Waals surface area contributed by atoms with Crippen molar-refractivity contribution in [2.75, 3.05) is 13.1 Å². The van der Waals surface area contributed by atoms with Crippen molar-refractivity contribution in [2.24, 2.45) is 0 Å². The van der Waals surface area contributed by atoms with E-state index in [-0.39, 0.29) is 11.9 Å². The Morgan fingerprint density at radius 1 is 1.29 bits per heavy atom. The Hall–Kier alpha value is -1.73. The molecule has 2 aromatic rings. The Kier molecular flexibility index (Phi) is 4.31. The number of hydrogen-bond acceptors (Lipinski definition) is 5. The van der Waals surface area contributed by atoms with Gasteiger partial charge >= 0.3 is 0 Å². The summed E-state index contributed by atoms with van der Waals surface area (Å²) in [5.74, 6) is 1.09. The predicted octanol–water partition coefficient (Wildman–Crippen LogP) is 1.05. The van der Waals surface area contributed by atoms with Gasteiger partial charge in [0.05, 0.1) is 12.5 Å². The van der Waals surface area contributed by atoms with Gasteiger partial charge in [-0.2, -0.15) is 4.98 Å². The molecule has 7 heteroatoms. The third kappa shape index (κ3) is 3.68. The SMILES string of the molecule is O=C1NCCNC1Cc1nc(Cc2ccc(Br)cc2)no1. The van der Waals surface area contributed by atoms with Gasteiger partial charge in [0.2, 0.25) is 11.8 Å². The van der Waals surface area contributed by atoms with Gasteiger partial charge in [0.25, 0.3) is 0 Å². The van der Waals surface area contributed by atoms with Gasteiger partial charge in [-0.3, -0.25) is 4.79 Å². The van der Waals surface area contributed by atoms with E-state index in [1.807, 2.05) is 24.3 Å². The summed E-state index contributed by atoms with van der Waals surface area (Å²) < 4.78 is 6.26. The van der Waals surface area contributed by atoms with E-state index in [4.69, 9.17) is 4.52 Å². The zero-order valence-electron chi connectivity index (χ0n) is 11.3. The van der Waals surface area contributed by atoms with Gasteiger partial charge in [-0.25, -0.2) is 0 Å². The number of aromatic nitrogens is 2. The van der Waals surface area contributed by atoms with E-state index >= 15 is 0 Å². The van der Waals surface area contributed by atoms with Crippen LogP contribution in [0.2, 0.25) is 0 Å². The Labute approximate surface area is 130 Å². The lowest BCUT2D eigenvalue weighted by Gasteiger charge is -2.21. The van der Waals surface area contributed by atoms with E-state index in [0.717, 1.165) is 16.6 Å². The smallest absolute Gasteiger partial charge is 0.237 e. The van der Waals surface area contributed by atoms with Crippen LogP contribution >= 0.6 is 15.9 Å². The van der Waals surface area contributed by atoms with E-state index in [1.54, 1.807) is 0 Å². The number of nitrogens with zero attached hydrogens (tertiary/aromatic N) is 2. The Morgan fingerprint density at radius 3 is 2.86 bits per heavy atom. The summed E-state index contributed by atoms with van der Waals surface area (Å²) >= 11 is 3.40. The lowest BCUT2D eigenvalue weighted by Crippen LogP contribution is -2.53. The number of benzene rings is 1. The largest absolute Gasteiger partial charge is 0.353 e. The topological polar surface area (TPSA) is 80.0 Å². The summed E-state index contributed by atoms with van der Waals surface area (Å²) in [7, 11) is 0. The molecule has 21 heavy (non-hydrogen) atoms. The average Bonchev–Trinajstić information content (AvgIpc) is 2.91. The summed E-state index contributed by atoms with van der Waals surface area (Å²) in [6.07, 6.45) is 1.03. The maximum atomic E-state index is 11.7. The number of piperazine rings is 1. The van der Waals surface area contributed by atoms with Crippen LogP contribution in [0.1, 0.15) is 17.3 Å². The summed E-state index contributed by atoms with van der Waals surface area (Å²) in [6, 6.07) is 7.69. The summed E-state index contributed by atoms with van der Waals surface area (Å²) in [5.41, 5.74) is 1.11. The second-order valence-corrected chi connectivity index (χ2v) is 5.83. The first-order valence-electron chi connectivity index (χ1n) is 6.78. The second kappa shape index (κ2) is 6.36. The molecular weight excluding hydrogens is 336 g/mol. The van der Waals surface area contributed by atoms with Gasteiger partial charge in [-0.15, -0.1) is 0 Å². The van der Waals surface area contributed by atoms with E-state index in [0.29, 0.717) is 31.1 Å². The molecule has 3 rings (SSSR count). The lowest BCUT2D eigenvalue weighted by molar-refractivity contribution is -0.124. The van der Waals surface area contributed by atoms with Crippen molar-refractivity contribution in [1.82, 2.24) is 20.8 Å². The molecule has 2 N–H and O–H groups in total. The minimum atomic E-state index is -0.292. The molecule has 0 radical (unpaired) electrons. The second-order valence-electron chi connectivity index (χ2n) is 4.91. The first-order chi connectivity index (χ1) is 10.2. The normalized spacial score (nSPS) is 18.5. The highest BCUT2D eigenvalue weighted by Gasteiger charge is 2.24. The zero-order valence-corrected chi connectivity index (χ0v) is 12.9. The molecule has 0 bridgehead atoms. The van der Waals surface area contributed by atoms with Gasteiger partial charge in [-0.05, 0) is 17.7 Å². The minimum Gasteiger partial charge on any atom is -0.353 e. The van der Waals surface area contributed by atoms with Crippen LogP contribution in [0.25, 0.3) is 0 Å². The molecule has 0 spiro atoms. The zero-order chi connectivity index (χ0) is 14.7. The number of hydrogen-bond donors (Lipinski definition) is 2. The van der Waals surface area contributed by atoms with Gasteiger partial charge in [-0.1, -0.05) is 33.2 Å². The molecule has 1 aromatic carbocycles. The molecule has 1 aliphatic rings. The van der Waals surface area contributed by atoms with Crippen LogP contribution in [0.3, 0.4) is 0 Å². The molecule has 1 aromatic heterocycles. The molecule has 1 amide bonds. The van der Waals surface area contributed by atoms with Crippen molar-refractivity contribution in [2.45, 2.75) is 18.9 Å². The molecule has 0 saturated carbocycles. The molecule has 110 valence electrons. The fourth-order valence-corrected chi connectivity index (χ4v) is 2.48. The van der Waals surface area contributed by atoms with E-state index in [2.05, 4.69) is 36.7 Å². The minimum absolute atomic E-state index is 0.0195. The fraction of sp³-hybridized carbons (Fsp3) is 0.357. The molecule has 6 nitrogen and oxygen atoms in total. The molecule has 1 atom stereocenters. The molecule has 2 heterocycles. The van der Waals surface area contributed by atoms with Crippen LogP contribution in [-0.4, -0.2) is 35.2 Å². The number of amides is 1. The van der Waals surface area contributed by atoms with Crippen molar-refractivity contribution in [3.8, 4) is 0 Å².